The number of hydrogen-bond acceptors (Lipinski definition) is 4. The van der Waals surface area contributed by atoms with Gasteiger partial charge in [-0.1, -0.05) is 12.1 Å². The number of halogens is 1. The molecule has 0 spiro atoms. The van der Waals surface area contributed by atoms with Gasteiger partial charge >= 0.3 is 0 Å². The third-order valence-corrected chi connectivity index (χ3v) is 5.02. The molecule has 0 radical (unpaired) electrons. The van der Waals surface area contributed by atoms with E-state index in [4.69, 9.17) is 4.74 Å². The van der Waals surface area contributed by atoms with Crippen molar-refractivity contribution in [1.29, 1.82) is 0 Å². The van der Waals surface area contributed by atoms with Gasteiger partial charge in [-0.2, -0.15) is 0 Å². The third kappa shape index (κ3) is 7.15. The van der Waals surface area contributed by atoms with E-state index in [-0.39, 0.29) is 11.7 Å². The maximum Gasteiger partial charge on any atom is 0.238 e. The predicted molar refractivity (Wildman–Crippen MR) is 114 cm³/mol. The topological polar surface area (TPSA) is 44.8 Å². The smallest absolute Gasteiger partial charge is 0.238 e. The van der Waals surface area contributed by atoms with E-state index in [1.54, 1.807) is 12.1 Å². The Labute approximate surface area is 172 Å². The second kappa shape index (κ2) is 10.4. The first-order valence-electron chi connectivity index (χ1n) is 10.2. The monoisotopic (exact) mass is 399 g/mol. The maximum atomic E-state index is 13.2. The first-order chi connectivity index (χ1) is 14.0. The zero-order chi connectivity index (χ0) is 20.6. The quantitative estimate of drug-likeness (QED) is 0.691. The molecule has 0 aliphatic carbocycles. The summed E-state index contributed by atoms with van der Waals surface area (Å²) >= 11 is 0. The Balaban J connectivity index is 1.31. The number of piperazine rings is 1. The van der Waals surface area contributed by atoms with Crippen LogP contribution in [0.25, 0.3) is 0 Å². The van der Waals surface area contributed by atoms with E-state index in [1.807, 2.05) is 0 Å². The lowest BCUT2D eigenvalue weighted by molar-refractivity contribution is -0.117. The van der Waals surface area contributed by atoms with Crippen molar-refractivity contribution in [3.8, 4) is 5.75 Å². The number of nitrogens with zero attached hydrogens (tertiary/aromatic N) is 2. The van der Waals surface area contributed by atoms with Crippen molar-refractivity contribution in [1.82, 2.24) is 9.80 Å². The number of anilines is 1. The van der Waals surface area contributed by atoms with Crippen molar-refractivity contribution in [2.75, 3.05) is 51.2 Å². The molecule has 6 heteroatoms. The SMILES string of the molecule is Cc1cc(C)cc(OCCCN2CCN(CC(=O)Nc3cccc(F)c3)CC2)c1. The molecule has 2 aromatic carbocycles. The molecule has 5 nitrogen and oxygen atoms in total. The van der Waals surface area contributed by atoms with Gasteiger partial charge in [0.1, 0.15) is 11.6 Å². The molecule has 1 heterocycles. The van der Waals surface area contributed by atoms with E-state index in [9.17, 15) is 9.18 Å². The van der Waals surface area contributed by atoms with Crippen LogP contribution in [0, 0.1) is 19.7 Å². The molecular weight excluding hydrogens is 369 g/mol. The van der Waals surface area contributed by atoms with E-state index in [2.05, 4.69) is 47.2 Å². The number of benzene rings is 2. The lowest BCUT2D eigenvalue weighted by atomic mass is 10.1. The summed E-state index contributed by atoms with van der Waals surface area (Å²) in [5.41, 5.74) is 2.94. The fraction of sp³-hybridized carbons (Fsp3) is 0.435. The molecule has 3 rings (SSSR count). The van der Waals surface area contributed by atoms with Crippen molar-refractivity contribution < 1.29 is 13.9 Å². The van der Waals surface area contributed by atoms with Crippen LogP contribution < -0.4 is 10.1 Å². The molecule has 29 heavy (non-hydrogen) atoms. The normalized spacial score (nSPS) is 15.3. The van der Waals surface area contributed by atoms with Crippen LogP contribution >= 0.6 is 0 Å². The van der Waals surface area contributed by atoms with Crippen LogP contribution in [0.15, 0.2) is 42.5 Å². The maximum absolute atomic E-state index is 13.2. The fourth-order valence-corrected chi connectivity index (χ4v) is 3.64. The minimum atomic E-state index is -0.349. The number of carbonyl (C=O) groups excluding carboxylic acids is 1. The number of amides is 1. The van der Waals surface area contributed by atoms with Gasteiger partial charge in [0.2, 0.25) is 5.91 Å². The van der Waals surface area contributed by atoms with Gasteiger partial charge in [-0.25, -0.2) is 4.39 Å². The van der Waals surface area contributed by atoms with Crippen LogP contribution in [0.1, 0.15) is 17.5 Å². The molecule has 2 aromatic rings. The lowest BCUT2D eigenvalue weighted by Gasteiger charge is -2.34. The Morgan fingerprint density at radius 2 is 1.72 bits per heavy atom. The molecular formula is C23H30FN3O2. The van der Waals surface area contributed by atoms with E-state index < -0.39 is 0 Å². The summed E-state index contributed by atoms with van der Waals surface area (Å²) in [6.45, 7) is 9.79. The minimum absolute atomic E-state index is 0.106. The summed E-state index contributed by atoms with van der Waals surface area (Å²) in [7, 11) is 0. The highest BCUT2D eigenvalue weighted by molar-refractivity contribution is 5.92. The van der Waals surface area contributed by atoms with Gasteiger partial charge in [-0.05, 0) is 61.7 Å². The summed E-state index contributed by atoms with van der Waals surface area (Å²) in [5.74, 6) is 0.487. The summed E-state index contributed by atoms with van der Waals surface area (Å²) in [6.07, 6.45) is 0.979. The number of hydrogen-bond donors (Lipinski definition) is 1. The van der Waals surface area contributed by atoms with Crippen molar-refractivity contribution in [2.45, 2.75) is 20.3 Å². The zero-order valence-electron chi connectivity index (χ0n) is 17.3. The fourth-order valence-electron chi connectivity index (χ4n) is 3.64. The van der Waals surface area contributed by atoms with Crippen LogP contribution in [0.3, 0.4) is 0 Å². The van der Waals surface area contributed by atoms with E-state index >= 15 is 0 Å². The van der Waals surface area contributed by atoms with Crippen molar-refractivity contribution in [3.05, 3.63) is 59.4 Å². The average Bonchev–Trinajstić information content (AvgIpc) is 2.66. The van der Waals surface area contributed by atoms with Crippen molar-refractivity contribution >= 4 is 11.6 Å². The van der Waals surface area contributed by atoms with Crippen molar-refractivity contribution in [3.63, 3.8) is 0 Å². The van der Waals surface area contributed by atoms with Gasteiger partial charge in [-0.15, -0.1) is 0 Å². The highest BCUT2D eigenvalue weighted by Crippen LogP contribution is 2.16. The number of aryl methyl sites for hydroxylation is 2. The largest absolute Gasteiger partial charge is 0.494 e. The minimum Gasteiger partial charge on any atom is -0.494 e. The van der Waals surface area contributed by atoms with Gasteiger partial charge in [0.15, 0.2) is 0 Å². The first-order valence-corrected chi connectivity index (χ1v) is 10.2. The Hall–Kier alpha value is -2.44. The Bertz CT molecular complexity index is 799. The molecule has 1 fully saturated rings. The Morgan fingerprint density at radius 1 is 1.03 bits per heavy atom. The van der Waals surface area contributed by atoms with Gasteiger partial charge < -0.3 is 15.0 Å². The molecule has 1 amide bonds. The molecule has 0 saturated carbocycles. The average molecular weight is 400 g/mol. The summed E-state index contributed by atoms with van der Waals surface area (Å²) in [4.78, 5) is 16.7. The van der Waals surface area contributed by atoms with E-state index in [1.165, 1.54) is 23.3 Å². The molecule has 1 saturated heterocycles. The van der Waals surface area contributed by atoms with E-state index in [0.717, 1.165) is 44.9 Å². The Kier molecular flexibility index (Phi) is 7.61. The molecule has 0 aromatic heterocycles. The lowest BCUT2D eigenvalue weighted by Crippen LogP contribution is -2.48. The number of ether oxygens (including phenoxy) is 1. The molecule has 0 atom stereocenters. The molecule has 1 aliphatic rings. The molecule has 0 unspecified atom stereocenters. The third-order valence-electron chi connectivity index (χ3n) is 5.02. The van der Waals surface area contributed by atoms with E-state index in [0.29, 0.717) is 18.8 Å². The highest BCUT2D eigenvalue weighted by Gasteiger charge is 2.18. The standard InChI is InChI=1S/C23H30FN3O2/c1-18-13-19(2)15-22(14-18)29-12-4-7-26-8-10-27(11-9-26)17-23(28)25-21-6-3-5-20(24)16-21/h3,5-6,13-16H,4,7-12,17H2,1-2H3,(H,25,28). The number of nitrogens with one attached hydrogen (secondary N) is 1. The van der Waals surface area contributed by atoms with Gasteiger partial charge in [0.25, 0.3) is 0 Å². The molecule has 156 valence electrons. The van der Waals surface area contributed by atoms with Gasteiger partial charge in [0.05, 0.1) is 13.2 Å². The van der Waals surface area contributed by atoms with Crippen molar-refractivity contribution in [2.24, 2.45) is 0 Å². The predicted octanol–water partition coefficient (Wildman–Crippen LogP) is 3.47. The van der Waals surface area contributed by atoms with Crippen LogP contribution in [0.5, 0.6) is 5.75 Å². The molecule has 0 bridgehead atoms. The summed E-state index contributed by atoms with van der Waals surface area (Å²) in [5, 5.41) is 2.76. The second-order valence-electron chi connectivity index (χ2n) is 7.70. The van der Waals surface area contributed by atoms with Crippen LogP contribution in [0.2, 0.25) is 0 Å². The first kappa shape index (κ1) is 21.3. The zero-order valence-corrected chi connectivity index (χ0v) is 17.3. The van der Waals surface area contributed by atoms with Gasteiger partial charge in [-0.3, -0.25) is 9.69 Å². The molecule has 1 aliphatic heterocycles. The summed E-state index contributed by atoms with van der Waals surface area (Å²) in [6, 6.07) is 12.3. The Morgan fingerprint density at radius 3 is 2.41 bits per heavy atom. The summed E-state index contributed by atoms with van der Waals surface area (Å²) < 4.78 is 19.1. The van der Waals surface area contributed by atoms with Crippen LogP contribution in [-0.4, -0.2) is 61.6 Å². The number of rotatable bonds is 8. The number of carbonyl (C=O) groups is 1. The van der Waals surface area contributed by atoms with Crippen LogP contribution in [0.4, 0.5) is 10.1 Å². The molecule has 1 N–H and O–H groups in total. The second-order valence-corrected chi connectivity index (χ2v) is 7.70. The van der Waals surface area contributed by atoms with Gasteiger partial charge in [0, 0.05) is 38.4 Å². The highest BCUT2D eigenvalue weighted by atomic mass is 19.1. The van der Waals surface area contributed by atoms with Crippen LogP contribution in [-0.2, 0) is 4.79 Å².